The largest absolute Gasteiger partial charge is 0.487 e. The number of hydrogen-bond acceptors (Lipinski definition) is 5. The van der Waals surface area contributed by atoms with Crippen LogP contribution in [0.5, 0.6) is 5.75 Å². The third kappa shape index (κ3) is 3.59. The van der Waals surface area contributed by atoms with Crippen molar-refractivity contribution in [1.29, 1.82) is 0 Å². The maximum atomic E-state index is 11.1. The zero-order chi connectivity index (χ0) is 15.6. The predicted molar refractivity (Wildman–Crippen MR) is 81.1 cm³/mol. The summed E-state index contributed by atoms with van der Waals surface area (Å²) in [5.74, 6) is -0.851. The van der Waals surface area contributed by atoms with Crippen LogP contribution >= 0.6 is 27.3 Å². The number of aryl methyl sites for hydroxylation is 1. The molecule has 0 atom stereocenters. The molecule has 0 saturated heterocycles. The molecule has 110 valence electrons. The van der Waals surface area contributed by atoms with Gasteiger partial charge in [-0.05, 0) is 25.1 Å². The van der Waals surface area contributed by atoms with Crippen molar-refractivity contribution in [3.8, 4) is 5.75 Å². The van der Waals surface area contributed by atoms with Gasteiger partial charge < -0.3 is 9.84 Å². The molecule has 0 saturated carbocycles. The van der Waals surface area contributed by atoms with Gasteiger partial charge in [-0.3, -0.25) is 10.1 Å². The maximum Gasteiger partial charge on any atom is 0.349 e. The number of thiophene rings is 1. The average molecular weight is 372 g/mol. The lowest BCUT2D eigenvalue weighted by Crippen LogP contribution is -2.03. The van der Waals surface area contributed by atoms with Crippen LogP contribution in [0.3, 0.4) is 0 Å². The molecule has 0 amide bonds. The van der Waals surface area contributed by atoms with Gasteiger partial charge in [-0.1, -0.05) is 15.9 Å². The summed E-state index contributed by atoms with van der Waals surface area (Å²) < 4.78 is 6.04. The van der Waals surface area contributed by atoms with Gasteiger partial charge in [0.15, 0.2) is 4.88 Å². The lowest BCUT2D eigenvalue weighted by Gasteiger charge is -2.06. The molecule has 0 fully saturated rings. The summed E-state index contributed by atoms with van der Waals surface area (Å²) in [6.45, 7) is 1.70. The van der Waals surface area contributed by atoms with Crippen LogP contribution in [0.2, 0.25) is 0 Å². The van der Waals surface area contributed by atoms with Gasteiger partial charge in [-0.25, -0.2) is 4.79 Å². The van der Waals surface area contributed by atoms with Gasteiger partial charge in [0.2, 0.25) is 0 Å². The highest BCUT2D eigenvalue weighted by molar-refractivity contribution is 9.10. The van der Waals surface area contributed by atoms with Gasteiger partial charge >= 0.3 is 5.97 Å². The monoisotopic (exact) mass is 371 g/mol. The second kappa shape index (κ2) is 6.23. The maximum absolute atomic E-state index is 11.1. The van der Waals surface area contributed by atoms with Crippen molar-refractivity contribution in [3.63, 3.8) is 0 Å². The lowest BCUT2D eigenvalue weighted by atomic mass is 10.2. The third-order valence-corrected chi connectivity index (χ3v) is 4.16. The zero-order valence-corrected chi connectivity index (χ0v) is 13.2. The first-order valence-electron chi connectivity index (χ1n) is 5.78. The van der Waals surface area contributed by atoms with E-state index in [4.69, 9.17) is 9.84 Å². The Labute approximate surface area is 132 Å². The molecule has 0 aliphatic heterocycles. The summed E-state index contributed by atoms with van der Waals surface area (Å²) in [7, 11) is 0. The van der Waals surface area contributed by atoms with E-state index < -0.39 is 10.9 Å². The van der Waals surface area contributed by atoms with Crippen molar-refractivity contribution in [2.24, 2.45) is 0 Å². The highest BCUT2D eigenvalue weighted by Crippen LogP contribution is 2.31. The number of halogens is 1. The summed E-state index contributed by atoms with van der Waals surface area (Å²) in [5, 5.41) is 20.1. The van der Waals surface area contributed by atoms with Crippen molar-refractivity contribution in [1.82, 2.24) is 0 Å². The average Bonchev–Trinajstić information content (AvgIpc) is 2.78. The molecule has 0 spiro atoms. The molecule has 21 heavy (non-hydrogen) atoms. The van der Waals surface area contributed by atoms with E-state index >= 15 is 0 Å². The molecular weight excluding hydrogens is 362 g/mol. The number of carboxylic acids is 1. The van der Waals surface area contributed by atoms with Crippen molar-refractivity contribution in [2.45, 2.75) is 13.5 Å². The Morgan fingerprint density at radius 1 is 1.48 bits per heavy atom. The molecule has 1 N–H and O–H groups in total. The Bertz CT molecular complexity index is 713. The van der Waals surface area contributed by atoms with E-state index in [2.05, 4.69) is 15.9 Å². The molecule has 2 rings (SSSR count). The van der Waals surface area contributed by atoms with Crippen molar-refractivity contribution in [2.75, 3.05) is 0 Å². The normalized spacial score (nSPS) is 10.4. The fraction of sp³-hybridized carbons (Fsp3) is 0.154. The number of nitro groups is 1. The number of ether oxygens (including phenoxy) is 1. The van der Waals surface area contributed by atoms with E-state index in [1.807, 2.05) is 0 Å². The molecule has 0 radical (unpaired) electrons. The number of aromatic carboxylic acids is 1. The van der Waals surface area contributed by atoms with Gasteiger partial charge in [0.1, 0.15) is 12.4 Å². The molecular formula is C13H10BrNO5S. The Balaban J connectivity index is 2.25. The highest BCUT2D eigenvalue weighted by atomic mass is 79.9. The summed E-state index contributed by atoms with van der Waals surface area (Å²) in [4.78, 5) is 22.5. The number of benzene rings is 1. The number of nitrogens with zero attached hydrogens (tertiary/aromatic N) is 1. The SMILES string of the molecule is Cc1cc(OCc2ccc(Br)cc2[N+](=O)[O-])c(C(=O)O)s1. The summed E-state index contributed by atoms with van der Waals surface area (Å²) in [6.07, 6.45) is 0. The first-order valence-corrected chi connectivity index (χ1v) is 7.38. The van der Waals surface area contributed by atoms with Crippen LogP contribution in [-0.4, -0.2) is 16.0 Å². The second-order valence-corrected chi connectivity index (χ2v) is 6.35. The molecule has 1 heterocycles. The van der Waals surface area contributed by atoms with Crippen LogP contribution in [0.4, 0.5) is 5.69 Å². The Morgan fingerprint density at radius 3 is 2.81 bits per heavy atom. The number of hydrogen-bond donors (Lipinski definition) is 1. The van der Waals surface area contributed by atoms with Crippen LogP contribution in [0.1, 0.15) is 20.1 Å². The van der Waals surface area contributed by atoms with Gasteiger partial charge in [0.05, 0.1) is 10.5 Å². The topological polar surface area (TPSA) is 89.7 Å². The Kier molecular flexibility index (Phi) is 4.59. The van der Waals surface area contributed by atoms with E-state index in [0.717, 1.165) is 16.2 Å². The fourth-order valence-electron chi connectivity index (χ4n) is 1.73. The Morgan fingerprint density at radius 2 is 2.19 bits per heavy atom. The van der Waals surface area contributed by atoms with Crippen LogP contribution in [-0.2, 0) is 6.61 Å². The minimum Gasteiger partial charge on any atom is -0.487 e. The van der Waals surface area contributed by atoms with Gasteiger partial charge in [-0.2, -0.15) is 0 Å². The smallest absolute Gasteiger partial charge is 0.349 e. The first kappa shape index (κ1) is 15.5. The molecule has 2 aromatic rings. The minimum atomic E-state index is -1.08. The highest BCUT2D eigenvalue weighted by Gasteiger charge is 2.18. The van der Waals surface area contributed by atoms with E-state index in [9.17, 15) is 14.9 Å². The number of carbonyl (C=O) groups is 1. The summed E-state index contributed by atoms with van der Waals surface area (Å²) in [6, 6.07) is 6.24. The number of nitro benzene ring substituents is 1. The second-order valence-electron chi connectivity index (χ2n) is 4.17. The van der Waals surface area contributed by atoms with Crippen LogP contribution in [0.15, 0.2) is 28.7 Å². The van der Waals surface area contributed by atoms with Crippen molar-refractivity contribution in [3.05, 3.63) is 54.2 Å². The van der Waals surface area contributed by atoms with Crippen molar-refractivity contribution < 1.29 is 19.6 Å². The lowest BCUT2D eigenvalue weighted by molar-refractivity contribution is -0.385. The Hall–Kier alpha value is -1.93. The molecule has 1 aromatic heterocycles. The molecule has 8 heteroatoms. The van der Waals surface area contributed by atoms with Crippen LogP contribution in [0, 0.1) is 17.0 Å². The predicted octanol–water partition coefficient (Wildman–Crippen LogP) is 4.00. The molecule has 0 bridgehead atoms. The van der Waals surface area contributed by atoms with E-state index in [1.54, 1.807) is 25.1 Å². The minimum absolute atomic E-state index is 0.0694. The molecule has 1 aromatic carbocycles. The van der Waals surface area contributed by atoms with E-state index in [0.29, 0.717) is 10.0 Å². The van der Waals surface area contributed by atoms with Crippen LogP contribution in [0.25, 0.3) is 0 Å². The molecule has 6 nitrogen and oxygen atoms in total. The van der Waals surface area contributed by atoms with Crippen LogP contribution < -0.4 is 4.74 Å². The molecule has 0 aliphatic carbocycles. The first-order chi connectivity index (χ1) is 9.88. The van der Waals surface area contributed by atoms with E-state index in [1.165, 1.54) is 6.07 Å². The van der Waals surface area contributed by atoms with E-state index in [-0.39, 0.29) is 22.9 Å². The molecule has 0 unspecified atom stereocenters. The quantitative estimate of drug-likeness (QED) is 0.633. The standard InChI is InChI=1S/C13H10BrNO5S/c1-7-4-11(12(21-7)13(16)17)20-6-8-2-3-9(14)5-10(8)15(18)19/h2-5H,6H2,1H3,(H,16,17). The third-order valence-electron chi connectivity index (χ3n) is 2.64. The number of rotatable bonds is 5. The fourth-order valence-corrected chi connectivity index (χ4v) is 2.87. The summed E-state index contributed by atoms with van der Waals surface area (Å²) >= 11 is 4.28. The van der Waals surface area contributed by atoms with Crippen molar-refractivity contribution >= 4 is 38.9 Å². The zero-order valence-electron chi connectivity index (χ0n) is 10.8. The van der Waals surface area contributed by atoms with Gasteiger partial charge in [-0.15, -0.1) is 11.3 Å². The summed E-state index contributed by atoms with van der Waals surface area (Å²) in [5.41, 5.74) is 0.302. The van der Waals surface area contributed by atoms with Gasteiger partial charge in [0, 0.05) is 15.4 Å². The number of carboxylic acid groups (broad SMARTS) is 1. The van der Waals surface area contributed by atoms with Gasteiger partial charge in [0.25, 0.3) is 5.69 Å². The molecule has 0 aliphatic rings.